The third kappa shape index (κ3) is 5.01. The van der Waals surface area contributed by atoms with E-state index in [2.05, 4.69) is 65.7 Å². The summed E-state index contributed by atoms with van der Waals surface area (Å²) >= 11 is 0. The molecule has 2 aromatic rings. The van der Waals surface area contributed by atoms with Gasteiger partial charge in [0.25, 0.3) is 5.82 Å². The average molecular weight is 299 g/mol. The van der Waals surface area contributed by atoms with E-state index in [1.807, 2.05) is 0 Å². The number of hydrogen-bond acceptors (Lipinski definition) is 0. The van der Waals surface area contributed by atoms with Crippen molar-refractivity contribution in [3.63, 3.8) is 0 Å². The number of hydrogen-bond donors (Lipinski definition) is 0. The third-order valence-electron chi connectivity index (χ3n) is 4.30. The number of nitrogens with zero attached hydrogens (tertiary/aromatic N) is 2. The number of benzene rings is 1. The molecule has 2 heteroatoms. The highest BCUT2D eigenvalue weighted by molar-refractivity contribution is 5.14. The second kappa shape index (κ2) is 9.45. The Balaban J connectivity index is 1.94. The zero-order valence-electron chi connectivity index (χ0n) is 14.3. The second-order valence-electron chi connectivity index (χ2n) is 6.15. The molecule has 0 aliphatic carbocycles. The van der Waals surface area contributed by atoms with E-state index in [-0.39, 0.29) is 0 Å². The maximum Gasteiger partial charge on any atom is 0.256 e. The summed E-state index contributed by atoms with van der Waals surface area (Å²) in [7, 11) is 0. The van der Waals surface area contributed by atoms with Crippen LogP contribution >= 0.6 is 0 Å². The van der Waals surface area contributed by atoms with E-state index in [9.17, 15) is 0 Å². The van der Waals surface area contributed by atoms with Crippen molar-refractivity contribution < 1.29 is 4.57 Å². The van der Waals surface area contributed by atoms with Gasteiger partial charge in [-0.25, -0.2) is 9.13 Å². The van der Waals surface area contributed by atoms with E-state index >= 15 is 0 Å². The van der Waals surface area contributed by atoms with E-state index in [0.717, 1.165) is 6.54 Å². The largest absolute Gasteiger partial charge is 0.256 e. The molecule has 22 heavy (non-hydrogen) atoms. The molecule has 0 radical (unpaired) electrons. The number of aryl methyl sites for hydroxylation is 3. The zero-order chi connectivity index (χ0) is 15.6. The van der Waals surface area contributed by atoms with Crippen molar-refractivity contribution in [1.82, 2.24) is 4.57 Å². The second-order valence-corrected chi connectivity index (χ2v) is 6.15. The molecular weight excluding hydrogens is 268 g/mol. The minimum atomic E-state index is 1.13. The fourth-order valence-electron chi connectivity index (χ4n) is 2.95. The van der Waals surface area contributed by atoms with Crippen LogP contribution in [-0.2, 0) is 25.9 Å². The van der Waals surface area contributed by atoms with Crippen molar-refractivity contribution >= 4 is 0 Å². The molecule has 2 rings (SSSR count). The molecule has 0 saturated heterocycles. The lowest BCUT2D eigenvalue weighted by Gasteiger charge is -2.05. The lowest BCUT2D eigenvalue weighted by atomic mass is 10.1. The fraction of sp³-hybridized carbons (Fsp3) is 0.550. The highest BCUT2D eigenvalue weighted by Crippen LogP contribution is 2.07. The molecule has 0 aliphatic heterocycles. The summed E-state index contributed by atoms with van der Waals surface area (Å²) in [5.41, 5.74) is 1.45. The monoisotopic (exact) mass is 299 g/mol. The van der Waals surface area contributed by atoms with Crippen LogP contribution in [0.4, 0.5) is 0 Å². The van der Waals surface area contributed by atoms with E-state index in [4.69, 9.17) is 0 Å². The summed E-state index contributed by atoms with van der Waals surface area (Å²) in [6, 6.07) is 10.8. The smallest absolute Gasteiger partial charge is 0.234 e. The Kier molecular flexibility index (Phi) is 7.21. The molecular formula is C20H31N2+. The van der Waals surface area contributed by atoms with E-state index in [1.54, 1.807) is 0 Å². The van der Waals surface area contributed by atoms with Gasteiger partial charge in [-0.05, 0) is 31.2 Å². The number of aromatic nitrogens is 2. The Labute approximate surface area is 135 Å². The van der Waals surface area contributed by atoms with Crippen molar-refractivity contribution in [3.8, 4) is 0 Å². The minimum Gasteiger partial charge on any atom is -0.234 e. The molecule has 1 aromatic carbocycles. The molecule has 0 saturated carbocycles. The zero-order valence-corrected chi connectivity index (χ0v) is 14.3. The van der Waals surface area contributed by atoms with Crippen molar-refractivity contribution in [2.24, 2.45) is 0 Å². The van der Waals surface area contributed by atoms with Crippen molar-refractivity contribution in [1.29, 1.82) is 0 Å². The first kappa shape index (κ1) is 16.8. The van der Waals surface area contributed by atoms with Crippen LogP contribution < -0.4 is 4.57 Å². The lowest BCUT2D eigenvalue weighted by molar-refractivity contribution is -0.704. The summed E-state index contributed by atoms with van der Waals surface area (Å²) < 4.78 is 4.95. The standard InChI is InChI=1S/C20H31N2/c1-3-5-14-20-21(15-6-4-2)17-18-22(20)16-10-13-19-11-8-7-9-12-19/h7-9,11-12,17-18H,3-6,10,13-16H2,1-2H3/q+1. The van der Waals surface area contributed by atoms with Gasteiger partial charge in [0.05, 0.1) is 13.1 Å². The summed E-state index contributed by atoms with van der Waals surface area (Å²) in [5.74, 6) is 1.52. The minimum absolute atomic E-state index is 1.13. The normalized spacial score (nSPS) is 11.0. The van der Waals surface area contributed by atoms with Crippen LogP contribution in [0.15, 0.2) is 42.7 Å². The Bertz CT molecular complexity index is 528. The van der Waals surface area contributed by atoms with Gasteiger partial charge in [-0.2, -0.15) is 0 Å². The molecule has 1 heterocycles. The van der Waals surface area contributed by atoms with Crippen LogP contribution in [0.3, 0.4) is 0 Å². The third-order valence-corrected chi connectivity index (χ3v) is 4.30. The molecule has 0 unspecified atom stereocenters. The molecule has 0 atom stereocenters. The lowest BCUT2D eigenvalue weighted by Crippen LogP contribution is -2.37. The van der Waals surface area contributed by atoms with Crippen molar-refractivity contribution in [2.45, 2.75) is 71.9 Å². The van der Waals surface area contributed by atoms with Gasteiger partial charge < -0.3 is 0 Å². The average Bonchev–Trinajstić information content (AvgIpc) is 2.94. The number of unbranched alkanes of at least 4 members (excludes halogenated alkanes) is 2. The SMILES string of the molecule is CCCCc1n(CCCC)cc[n+]1CCCc1ccccc1. The molecule has 120 valence electrons. The van der Waals surface area contributed by atoms with Gasteiger partial charge in [0.15, 0.2) is 0 Å². The predicted molar refractivity (Wildman–Crippen MR) is 92.9 cm³/mol. The van der Waals surface area contributed by atoms with Gasteiger partial charge in [0, 0.05) is 6.42 Å². The Morgan fingerprint density at radius 1 is 0.909 bits per heavy atom. The fourth-order valence-corrected chi connectivity index (χ4v) is 2.95. The van der Waals surface area contributed by atoms with Gasteiger partial charge in [-0.3, -0.25) is 0 Å². The van der Waals surface area contributed by atoms with E-state index in [0.29, 0.717) is 0 Å². The first-order valence-electron chi connectivity index (χ1n) is 8.96. The molecule has 2 nitrogen and oxygen atoms in total. The molecule has 0 N–H and O–H groups in total. The summed E-state index contributed by atoms with van der Waals surface area (Å²) in [5, 5.41) is 0. The van der Waals surface area contributed by atoms with Gasteiger partial charge in [-0.1, -0.05) is 57.0 Å². The number of rotatable bonds is 10. The first-order chi connectivity index (χ1) is 10.8. The maximum absolute atomic E-state index is 2.48. The molecule has 0 bridgehead atoms. The highest BCUT2D eigenvalue weighted by Gasteiger charge is 2.15. The van der Waals surface area contributed by atoms with Crippen LogP contribution in [0.1, 0.15) is 57.3 Å². The summed E-state index contributed by atoms with van der Waals surface area (Å²) in [4.78, 5) is 0. The molecule has 0 aliphatic rings. The van der Waals surface area contributed by atoms with E-state index in [1.165, 1.54) is 62.9 Å². The van der Waals surface area contributed by atoms with Crippen LogP contribution in [0.2, 0.25) is 0 Å². The van der Waals surface area contributed by atoms with Crippen LogP contribution in [0, 0.1) is 0 Å². The Morgan fingerprint density at radius 3 is 2.41 bits per heavy atom. The van der Waals surface area contributed by atoms with Crippen LogP contribution in [0.25, 0.3) is 0 Å². The van der Waals surface area contributed by atoms with Crippen molar-refractivity contribution in [3.05, 3.63) is 54.1 Å². The molecule has 0 amide bonds. The Morgan fingerprint density at radius 2 is 1.68 bits per heavy atom. The summed E-state index contributed by atoms with van der Waals surface area (Å²) in [6.45, 7) is 6.84. The van der Waals surface area contributed by atoms with Gasteiger partial charge in [0.1, 0.15) is 12.4 Å². The van der Waals surface area contributed by atoms with Crippen LogP contribution in [0.5, 0.6) is 0 Å². The van der Waals surface area contributed by atoms with Gasteiger partial charge in [-0.15, -0.1) is 0 Å². The molecule has 1 aromatic heterocycles. The Hall–Kier alpha value is -1.57. The molecule has 0 fully saturated rings. The summed E-state index contributed by atoms with van der Waals surface area (Å²) in [6.07, 6.45) is 13.2. The quantitative estimate of drug-likeness (QED) is 0.569. The topological polar surface area (TPSA) is 8.81 Å². The van der Waals surface area contributed by atoms with Gasteiger partial charge in [0.2, 0.25) is 0 Å². The van der Waals surface area contributed by atoms with Gasteiger partial charge >= 0.3 is 0 Å². The first-order valence-corrected chi connectivity index (χ1v) is 8.96. The molecule has 0 spiro atoms. The number of imidazole rings is 1. The van der Waals surface area contributed by atoms with E-state index < -0.39 is 0 Å². The van der Waals surface area contributed by atoms with Crippen molar-refractivity contribution in [2.75, 3.05) is 0 Å². The predicted octanol–water partition coefficient (Wildman–Crippen LogP) is 4.55. The maximum atomic E-state index is 2.48. The highest BCUT2D eigenvalue weighted by atomic mass is 15.1. The van der Waals surface area contributed by atoms with Crippen LogP contribution in [-0.4, -0.2) is 4.57 Å².